The number of nitrogens with zero attached hydrogens (tertiary/aromatic N) is 5. The molecular formula is C19H27N5O3. The molecule has 1 N–H and O–H groups in total. The van der Waals surface area contributed by atoms with Gasteiger partial charge >= 0.3 is 5.97 Å². The smallest absolute Gasteiger partial charge is 0.326 e. The fraction of sp³-hybridized carbons (Fsp3) is 0.684. The molecule has 1 aliphatic carbocycles. The number of carboxylic acids is 1. The number of hydrogen-bond acceptors (Lipinski definition) is 6. The van der Waals surface area contributed by atoms with Crippen molar-refractivity contribution in [1.29, 1.82) is 0 Å². The van der Waals surface area contributed by atoms with Gasteiger partial charge in [0.25, 0.3) is 0 Å². The molecule has 2 aliphatic heterocycles. The molecule has 2 saturated heterocycles. The van der Waals surface area contributed by atoms with Crippen LogP contribution < -0.4 is 9.80 Å². The second-order valence-electron chi connectivity index (χ2n) is 8.41. The molecule has 3 heterocycles. The van der Waals surface area contributed by atoms with E-state index in [0.717, 1.165) is 50.4 Å². The minimum Gasteiger partial charge on any atom is -0.480 e. The maximum Gasteiger partial charge on any atom is 0.326 e. The van der Waals surface area contributed by atoms with Crippen LogP contribution in [0.2, 0.25) is 0 Å². The molecule has 0 radical (unpaired) electrons. The molecule has 8 nitrogen and oxygen atoms in total. The molecule has 1 spiro atoms. The highest BCUT2D eigenvalue weighted by Gasteiger charge is 2.51. The molecule has 0 aromatic carbocycles. The van der Waals surface area contributed by atoms with Gasteiger partial charge in [-0.15, -0.1) is 0 Å². The number of aromatic nitrogens is 2. The monoisotopic (exact) mass is 373 g/mol. The van der Waals surface area contributed by atoms with Crippen LogP contribution in [0.15, 0.2) is 12.4 Å². The maximum absolute atomic E-state index is 12.6. The number of amides is 1. The standard InChI is InChI=1S/C19H27N5O3/c1-22(2)15-9-16(21-12-20-15)23-7-5-19(6-8-23)10-14(18(26)27)24(11-19)17(25)13-3-4-13/h9,12-14H,3-8,10-11H2,1-2H3,(H,26,27). The van der Waals surface area contributed by atoms with Crippen molar-refractivity contribution in [1.82, 2.24) is 14.9 Å². The van der Waals surface area contributed by atoms with Crippen LogP contribution in [0.4, 0.5) is 11.6 Å². The van der Waals surface area contributed by atoms with Gasteiger partial charge in [-0.2, -0.15) is 0 Å². The zero-order valence-electron chi connectivity index (χ0n) is 16.0. The summed E-state index contributed by atoms with van der Waals surface area (Å²) in [6.45, 7) is 2.23. The first-order valence-electron chi connectivity index (χ1n) is 9.66. The quantitative estimate of drug-likeness (QED) is 0.849. The van der Waals surface area contributed by atoms with E-state index < -0.39 is 12.0 Å². The van der Waals surface area contributed by atoms with E-state index in [2.05, 4.69) is 14.9 Å². The lowest BCUT2D eigenvalue weighted by molar-refractivity contribution is -0.148. The molecule has 27 heavy (non-hydrogen) atoms. The molecule has 1 aromatic rings. The van der Waals surface area contributed by atoms with E-state index in [9.17, 15) is 14.7 Å². The van der Waals surface area contributed by atoms with Crippen LogP contribution >= 0.6 is 0 Å². The lowest BCUT2D eigenvalue weighted by atomic mass is 9.76. The van der Waals surface area contributed by atoms with E-state index in [4.69, 9.17) is 0 Å². The normalized spacial score (nSPS) is 24.3. The number of carboxylic acid groups (broad SMARTS) is 1. The van der Waals surface area contributed by atoms with Crippen molar-refractivity contribution < 1.29 is 14.7 Å². The highest BCUT2D eigenvalue weighted by Crippen LogP contribution is 2.46. The molecule has 1 aromatic heterocycles. The maximum atomic E-state index is 12.6. The van der Waals surface area contributed by atoms with Crippen molar-refractivity contribution >= 4 is 23.5 Å². The van der Waals surface area contributed by atoms with Crippen molar-refractivity contribution in [3.8, 4) is 0 Å². The predicted octanol–water partition coefficient (Wildman–Crippen LogP) is 1.22. The highest BCUT2D eigenvalue weighted by atomic mass is 16.4. The Morgan fingerprint density at radius 1 is 1.22 bits per heavy atom. The molecule has 8 heteroatoms. The summed E-state index contributed by atoms with van der Waals surface area (Å²) in [4.78, 5) is 38.8. The summed E-state index contributed by atoms with van der Waals surface area (Å²) in [5.41, 5.74) is -0.0818. The Balaban J connectivity index is 1.45. The van der Waals surface area contributed by atoms with Crippen LogP contribution in [0, 0.1) is 11.3 Å². The SMILES string of the molecule is CN(C)c1cc(N2CCC3(CC2)CC(C(=O)O)N(C(=O)C2CC2)C3)ncn1. The van der Waals surface area contributed by atoms with Crippen LogP contribution in [0.3, 0.4) is 0 Å². The Morgan fingerprint density at radius 2 is 1.93 bits per heavy atom. The Bertz CT molecular complexity index is 741. The summed E-state index contributed by atoms with van der Waals surface area (Å²) in [5, 5.41) is 9.64. The van der Waals surface area contributed by atoms with E-state index in [1.807, 2.05) is 25.1 Å². The number of anilines is 2. The van der Waals surface area contributed by atoms with E-state index in [-0.39, 0.29) is 17.2 Å². The van der Waals surface area contributed by atoms with Crippen LogP contribution in [0.25, 0.3) is 0 Å². The van der Waals surface area contributed by atoms with Crippen molar-refractivity contribution in [3.63, 3.8) is 0 Å². The first kappa shape index (κ1) is 18.0. The summed E-state index contributed by atoms with van der Waals surface area (Å²) in [6.07, 6.45) is 5.73. The number of carbonyl (C=O) groups is 2. The molecule has 3 fully saturated rings. The third-order valence-electron chi connectivity index (χ3n) is 6.25. The Kier molecular flexibility index (Phi) is 4.44. The van der Waals surface area contributed by atoms with Gasteiger partial charge in [0, 0.05) is 45.7 Å². The van der Waals surface area contributed by atoms with E-state index >= 15 is 0 Å². The Morgan fingerprint density at radius 3 is 2.52 bits per heavy atom. The molecule has 1 amide bonds. The van der Waals surface area contributed by atoms with Crippen molar-refractivity contribution in [3.05, 3.63) is 12.4 Å². The molecule has 1 saturated carbocycles. The molecule has 0 bridgehead atoms. The second kappa shape index (κ2) is 6.65. The number of likely N-dealkylation sites (tertiary alicyclic amines) is 1. The lowest BCUT2D eigenvalue weighted by Gasteiger charge is -2.39. The Labute approximate surface area is 159 Å². The topological polar surface area (TPSA) is 89.9 Å². The molecule has 3 aliphatic rings. The van der Waals surface area contributed by atoms with Gasteiger partial charge in [0.15, 0.2) is 0 Å². The van der Waals surface area contributed by atoms with Crippen molar-refractivity contribution in [2.45, 2.75) is 38.1 Å². The second-order valence-corrected chi connectivity index (χ2v) is 8.41. The van der Waals surface area contributed by atoms with Gasteiger partial charge in [0.1, 0.15) is 24.0 Å². The first-order valence-corrected chi connectivity index (χ1v) is 9.66. The minimum atomic E-state index is -0.866. The molecule has 4 rings (SSSR count). The van der Waals surface area contributed by atoms with E-state index in [1.165, 1.54) is 0 Å². The van der Waals surface area contributed by atoms with Crippen molar-refractivity contribution in [2.75, 3.05) is 43.5 Å². The van der Waals surface area contributed by atoms with Crippen LogP contribution in [0.5, 0.6) is 0 Å². The zero-order chi connectivity index (χ0) is 19.2. The number of hydrogen-bond donors (Lipinski definition) is 1. The van der Waals surface area contributed by atoms with Gasteiger partial charge in [-0.25, -0.2) is 14.8 Å². The number of piperidine rings is 1. The van der Waals surface area contributed by atoms with Gasteiger partial charge in [-0.1, -0.05) is 0 Å². The fourth-order valence-electron chi connectivity index (χ4n) is 4.40. The van der Waals surface area contributed by atoms with Crippen LogP contribution in [-0.4, -0.2) is 71.6 Å². The lowest BCUT2D eigenvalue weighted by Crippen LogP contribution is -2.43. The summed E-state index contributed by atoms with van der Waals surface area (Å²) in [5.74, 6) is 1.02. The summed E-state index contributed by atoms with van der Waals surface area (Å²) in [6, 6.07) is 1.32. The Hall–Kier alpha value is -2.38. The minimum absolute atomic E-state index is 0.0492. The third kappa shape index (κ3) is 3.44. The predicted molar refractivity (Wildman–Crippen MR) is 101 cm³/mol. The molecule has 146 valence electrons. The fourth-order valence-corrected chi connectivity index (χ4v) is 4.40. The third-order valence-corrected chi connectivity index (χ3v) is 6.25. The van der Waals surface area contributed by atoms with Gasteiger partial charge in [0.05, 0.1) is 0 Å². The van der Waals surface area contributed by atoms with Gasteiger partial charge in [-0.05, 0) is 37.5 Å². The first-order chi connectivity index (χ1) is 12.9. The van der Waals surface area contributed by atoms with Crippen LogP contribution in [-0.2, 0) is 9.59 Å². The molecular weight excluding hydrogens is 346 g/mol. The summed E-state index contributed by atoms with van der Waals surface area (Å²) >= 11 is 0. The number of carbonyl (C=O) groups excluding carboxylic acids is 1. The number of rotatable bonds is 4. The van der Waals surface area contributed by atoms with E-state index in [0.29, 0.717) is 13.0 Å². The van der Waals surface area contributed by atoms with E-state index in [1.54, 1.807) is 11.2 Å². The van der Waals surface area contributed by atoms with Crippen LogP contribution in [0.1, 0.15) is 32.1 Å². The average molecular weight is 373 g/mol. The molecule has 1 atom stereocenters. The highest BCUT2D eigenvalue weighted by molar-refractivity contribution is 5.87. The summed E-state index contributed by atoms with van der Waals surface area (Å²) < 4.78 is 0. The number of aliphatic carboxylic acids is 1. The van der Waals surface area contributed by atoms with Gasteiger partial charge in [-0.3, -0.25) is 4.79 Å². The zero-order valence-corrected chi connectivity index (χ0v) is 16.0. The molecule has 1 unspecified atom stereocenters. The summed E-state index contributed by atoms with van der Waals surface area (Å²) in [7, 11) is 3.90. The van der Waals surface area contributed by atoms with Crippen molar-refractivity contribution in [2.24, 2.45) is 11.3 Å². The average Bonchev–Trinajstić information content (AvgIpc) is 3.44. The largest absolute Gasteiger partial charge is 0.480 e. The van der Waals surface area contributed by atoms with Gasteiger partial charge in [0.2, 0.25) is 5.91 Å². The van der Waals surface area contributed by atoms with Gasteiger partial charge < -0.3 is 19.8 Å².